The fraction of sp³-hybridized carbons (Fsp3) is 0.0385. The second-order valence-electron chi connectivity index (χ2n) is 6.23. The van der Waals surface area contributed by atoms with E-state index in [4.69, 9.17) is 0 Å². The first-order chi connectivity index (χ1) is 13.8. The monoisotopic (exact) mass is 382 g/mol. The number of carbonyl (C=O) groups excluding carboxylic acids is 1. The second-order valence-corrected chi connectivity index (χ2v) is 7.05. The summed E-state index contributed by atoms with van der Waals surface area (Å²) < 4.78 is 0. The minimum atomic E-state index is 0.460. The summed E-state index contributed by atoms with van der Waals surface area (Å²) in [5, 5.41) is 0. The first-order valence-corrected chi connectivity index (χ1v) is 10.8. The van der Waals surface area contributed by atoms with Crippen molar-refractivity contribution >= 4 is 14.6 Å². The Morgan fingerprint density at radius 2 is 0.893 bits per heavy atom. The maximum Gasteiger partial charge on any atom is 0.138 e. The summed E-state index contributed by atoms with van der Waals surface area (Å²) in [5.74, 6) is 0. The molecule has 1 nitrogen and oxygen atoms in total. The SMILES string of the molecule is CPC=O.c1ccc(-c2cccc(-c3ccccc3)c2-c2ccccc2)cc1. The van der Waals surface area contributed by atoms with Crippen LogP contribution >= 0.6 is 8.58 Å². The van der Waals surface area contributed by atoms with Crippen molar-refractivity contribution in [2.45, 2.75) is 0 Å². The molecule has 0 bridgehead atoms. The van der Waals surface area contributed by atoms with Crippen LogP contribution in [0.4, 0.5) is 0 Å². The Hall–Kier alpha value is -3.02. The molecule has 0 aliphatic heterocycles. The molecule has 0 aliphatic carbocycles. The topological polar surface area (TPSA) is 17.1 Å². The Morgan fingerprint density at radius 1 is 0.536 bits per heavy atom. The first kappa shape index (κ1) is 19.7. The van der Waals surface area contributed by atoms with Crippen molar-refractivity contribution < 1.29 is 4.79 Å². The van der Waals surface area contributed by atoms with Gasteiger partial charge in [0, 0.05) is 0 Å². The maximum atomic E-state index is 9.19. The number of hydrogen-bond donors (Lipinski definition) is 0. The van der Waals surface area contributed by atoms with E-state index in [-0.39, 0.29) is 0 Å². The highest BCUT2D eigenvalue weighted by Crippen LogP contribution is 2.39. The van der Waals surface area contributed by atoms with E-state index in [0.29, 0.717) is 8.58 Å². The molecule has 4 aromatic carbocycles. The van der Waals surface area contributed by atoms with E-state index < -0.39 is 0 Å². The number of rotatable bonds is 4. The summed E-state index contributed by atoms with van der Waals surface area (Å²) in [7, 11) is 0.460. The Kier molecular flexibility index (Phi) is 7.29. The van der Waals surface area contributed by atoms with Gasteiger partial charge in [0.1, 0.15) is 6.03 Å². The lowest BCUT2D eigenvalue weighted by Gasteiger charge is -2.16. The standard InChI is InChI=1S/C24H18.C2H5OP/c1-4-11-19(12-5-1)22-17-10-18-23(20-13-6-2-7-14-20)24(22)21-15-8-3-9-16-21;1-4-2-3/h1-18H;2,4H,1H3. The maximum absolute atomic E-state index is 9.19. The quantitative estimate of drug-likeness (QED) is 0.270. The van der Waals surface area contributed by atoms with Gasteiger partial charge < -0.3 is 0 Å². The molecule has 0 radical (unpaired) electrons. The zero-order valence-electron chi connectivity index (χ0n) is 15.9. The summed E-state index contributed by atoms with van der Waals surface area (Å²) in [6, 6.07) is 39.3. The average molecular weight is 382 g/mol. The van der Waals surface area contributed by atoms with Crippen LogP contribution in [0.15, 0.2) is 109 Å². The highest BCUT2D eigenvalue weighted by molar-refractivity contribution is 7.54. The predicted molar refractivity (Wildman–Crippen MR) is 124 cm³/mol. The summed E-state index contributed by atoms with van der Waals surface area (Å²) in [6.45, 7) is 1.84. The van der Waals surface area contributed by atoms with Crippen LogP contribution in [0.5, 0.6) is 0 Å². The Balaban J connectivity index is 0.000000516. The number of carbonyl (C=O) groups is 1. The number of hydrogen-bond acceptors (Lipinski definition) is 1. The average Bonchev–Trinajstić information content (AvgIpc) is 2.80. The van der Waals surface area contributed by atoms with Crippen molar-refractivity contribution in [3.8, 4) is 33.4 Å². The molecule has 4 rings (SSSR count). The van der Waals surface area contributed by atoms with Gasteiger partial charge in [-0.2, -0.15) is 0 Å². The lowest BCUT2D eigenvalue weighted by molar-refractivity contribution is 0.569. The highest BCUT2D eigenvalue weighted by Gasteiger charge is 2.13. The third kappa shape index (κ3) is 4.82. The van der Waals surface area contributed by atoms with Gasteiger partial charge in [0.05, 0.1) is 0 Å². The number of benzene rings is 4. The molecule has 1 atom stereocenters. The third-order valence-corrected chi connectivity index (χ3v) is 4.65. The van der Waals surface area contributed by atoms with Gasteiger partial charge >= 0.3 is 0 Å². The summed E-state index contributed by atoms with van der Waals surface area (Å²) in [6.07, 6.45) is 0. The Labute approximate surface area is 168 Å². The molecule has 0 aromatic heterocycles. The molecule has 0 N–H and O–H groups in total. The van der Waals surface area contributed by atoms with E-state index in [1.807, 2.05) is 6.66 Å². The third-order valence-electron chi connectivity index (χ3n) is 4.41. The molecule has 0 aliphatic rings. The molecular formula is C26H23OP. The van der Waals surface area contributed by atoms with Gasteiger partial charge in [-0.3, -0.25) is 4.79 Å². The largest absolute Gasteiger partial charge is 0.299 e. The minimum absolute atomic E-state index is 0.460. The van der Waals surface area contributed by atoms with E-state index in [2.05, 4.69) is 109 Å². The smallest absolute Gasteiger partial charge is 0.138 e. The zero-order valence-corrected chi connectivity index (χ0v) is 16.9. The van der Waals surface area contributed by atoms with E-state index in [1.54, 1.807) is 0 Å². The minimum Gasteiger partial charge on any atom is -0.299 e. The summed E-state index contributed by atoms with van der Waals surface area (Å²) in [4.78, 5) is 9.19. The second kappa shape index (κ2) is 10.3. The normalized spacial score (nSPS) is 10.3. The molecule has 0 heterocycles. The van der Waals surface area contributed by atoms with Crippen molar-refractivity contribution in [3.63, 3.8) is 0 Å². The van der Waals surface area contributed by atoms with Gasteiger partial charge in [-0.15, -0.1) is 0 Å². The zero-order chi connectivity index (χ0) is 19.6. The summed E-state index contributed by atoms with van der Waals surface area (Å²) >= 11 is 0. The molecular weight excluding hydrogens is 359 g/mol. The van der Waals surface area contributed by atoms with E-state index >= 15 is 0 Å². The molecule has 2 heteroatoms. The van der Waals surface area contributed by atoms with Crippen LogP contribution in [-0.4, -0.2) is 12.7 Å². The fourth-order valence-electron chi connectivity index (χ4n) is 3.18. The molecule has 0 saturated carbocycles. The van der Waals surface area contributed by atoms with E-state index in [0.717, 1.165) is 6.03 Å². The Morgan fingerprint density at radius 3 is 1.25 bits per heavy atom. The van der Waals surface area contributed by atoms with Crippen LogP contribution in [0.3, 0.4) is 0 Å². The van der Waals surface area contributed by atoms with Crippen molar-refractivity contribution in [2.75, 3.05) is 6.66 Å². The molecule has 0 fully saturated rings. The molecule has 28 heavy (non-hydrogen) atoms. The van der Waals surface area contributed by atoms with Gasteiger partial charge in [0.25, 0.3) is 0 Å². The van der Waals surface area contributed by atoms with Crippen LogP contribution in [0, 0.1) is 0 Å². The van der Waals surface area contributed by atoms with Gasteiger partial charge in [-0.1, -0.05) is 118 Å². The van der Waals surface area contributed by atoms with Gasteiger partial charge in [-0.25, -0.2) is 0 Å². The van der Waals surface area contributed by atoms with Gasteiger partial charge in [0.2, 0.25) is 0 Å². The molecule has 138 valence electrons. The highest BCUT2D eigenvalue weighted by atomic mass is 31.1. The van der Waals surface area contributed by atoms with Crippen LogP contribution in [-0.2, 0) is 4.79 Å². The van der Waals surface area contributed by atoms with Gasteiger partial charge in [-0.05, 0) is 40.0 Å². The molecule has 4 aromatic rings. The van der Waals surface area contributed by atoms with Crippen molar-refractivity contribution in [1.29, 1.82) is 0 Å². The molecule has 1 unspecified atom stereocenters. The van der Waals surface area contributed by atoms with Gasteiger partial charge in [0.15, 0.2) is 0 Å². The summed E-state index contributed by atoms with van der Waals surface area (Å²) in [5.41, 5.74) is 7.56. The van der Waals surface area contributed by atoms with Crippen LogP contribution in [0.1, 0.15) is 0 Å². The van der Waals surface area contributed by atoms with Crippen LogP contribution < -0.4 is 0 Å². The molecule has 0 spiro atoms. The van der Waals surface area contributed by atoms with Crippen molar-refractivity contribution in [2.24, 2.45) is 0 Å². The molecule has 0 saturated heterocycles. The Bertz CT molecular complexity index is 939. The van der Waals surface area contributed by atoms with E-state index in [1.165, 1.54) is 33.4 Å². The fourth-order valence-corrected chi connectivity index (χ4v) is 3.18. The first-order valence-electron chi connectivity index (χ1n) is 9.25. The van der Waals surface area contributed by atoms with Crippen molar-refractivity contribution in [3.05, 3.63) is 109 Å². The van der Waals surface area contributed by atoms with E-state index in [9.17, 15) is 4.79 Å². The lowest BCUT2D eigenvalue weighted by Crippen LogP contribution is -1.90. The molecule has 0 amide bonds. The predicted octanol–water partition coefficient (Wildman–Crippen LogP) is 7.17. The lowest BCUT2D eigenvalue weighted by atomic mass is 9.88. The van der Waals surface area contributed by atoms with Crippen LogP contribution in [0.25, 0.3) is 33.4 Å². The van der Waals surface area contributed by atoms with Crippen LogP contribution in [0.2, 0.25) is 0 Å². The van der Waals surface area contributed by atoms with Crippen molar-refractivity contribution in [1.82, 2.24) is 0 Å².